The van der Waals surface area contributed by atoms with Crippen LogP contribution in [0.15, 0.2) is 18.2 Å². The second-order valence-electron chi connectivity index (χ2n) is 2.90. The SMILES string of the molecule is Cc1cc(Cl)cc([C@H](N)CN)c1. The fourth-order valence-corrected chi connectivity index (χ4v) is 1.41. The molecule has 0 aliphatic heterocycles. The Balaban J connectivity index is 3.00. The van der Waals surface area contributed by atoms with Gasteiger partial charge in [-0.05, 0) is 30.2 Å². The molecule has 0 heterocycles. The summed E-state index contributed by atoms with van der Waals surface area (Å²) >= 11 is 5.85. The summed E-state index contributed by atoms with van der Waals surface area (Å²) in [6, 6.07) is 5.64. The first-order valence-electron chi connectivity index (χ1n) is 3.86. The van der Waals surface area contributed by atoms with Crippen LogP contribution in [0.2, 0.25) is 5.02 Å². The summed E-state index contributed by atoms with van der Waals surface area (Å²) < 4.78 is 0. The quantitative estimate of drug-likeness (QED) is 0.734. The maximum Gasteiger partial charge on any atom is 0.0420 e. The maximum atomic E-state index is 5.85. The number of halogens is 1. The number of hydrogen-bond donors (Lipinski definition) is 2. The molecule has 1 aromatic carbocycles. The van der Waals surface area contributed by atoms with Gasteiger partial charge in [-0.2, -0.15) is 0 Å². The molecule has 0 unspecified atom stereocenters. The first-order valence-corrected chi connectivity index (χ1v) is 4.24. The third-order valence-electron chi connectivity index (χ3n) is 1.75. The van der Waals surface area contributed by atoms with Gasteiger partial charge >= 0.3 is 0 Å². The van der Waals surface area contributed by atoms with Gasteiger partial charge in [-0.1, -0.05) is 17.7 Å². The molecular weight excluding hydrogens is 172 g/mol. The molecule has 0 fully saturated rings. The van der Waals surface area contributed by atoms with Crippen LogP contribution in [0.25, 0.3) is 0 Å². The predicted octanol–water partition coefficient (Wildman–Crippen LogP) is 1.61. The van der Waals surface area contributed by atoms with Gasteiger partial charge in [-0.25, -0.2) is 0 Å². The zero-order chi connectivity index (χ0) is 9.14. The Labute approximate surface area is 77.5 Å². The summed E-state index contributed by atoms with van der Waals surface area (Å²) in [5.74, 6) is 0. The molecule has 0 amide bonds. The van der Waals surface area contributed by atoms with Gasteiger partial charge in [0.2, 0.25) is 0 Å². The first-order chi connectivity index (χ1) is 5.63. The van der Waals surface area contributed by atoms with E-state index in [9.17, 15) is 0 Å². The summed E-state index contributed by atoms with van der Waals surface area (Å²) in [4.78, 5) is 0. The van der Waals surface area contributed by atoms with E-state index < -0.39 is 0 Å². The van der Waals surface area contributed by atoms with Crippen molar-refractivity contribution in [2.45, 2.75) is 13.0 Å². The van der Waals surface area contributed by atoms with Gasteiger partial charge in [0.25, 0.3) is 0 Å². The molecular formula is C9H13ClN2. The molecule has 0 aliphatic rings. The molecule has 0 aliphatic carbocycles. The van der Waals surface area contributed by atoms with Crippen molar-refractivity contribution in [2.24, 2.45) is 11.5 Å². The van der Waals surface area contributed by atoms with Crippen molar-refractivity contribution in [1.29, 1.82) is 0 Å². The van der Waals surface area contributed by atoms with E-state index in [0.717, 1.165) is 11.1 Å². The Hall–Kier alpha value is -0.570. The zero-order valence-electron chi connectivity index (χ0n) is 7.05. The van der Waals surface area contributed by atoms with Crippen molar-refractivity contribution < 1.29 is 0 Å². The van der Waals surface area contributed by atoms with Crippen LogP contribution < -0.4 is 11.5 Å². The first kappa shape index (κ1) is 9.52. The van der Waals surface area contributed by atoms with Gasteiger partial charge in [-0.3, -0.25) is 0 Å². The molecule has 12 heavy (non-hydrogen) atoms. The number of hydrogen-bond acceptors (Lipinski definition) is 2. The van der Waals surface area contributed by atoms with E-state index in [1.54, 1.807) is 0 Å². The molecule has 1 rings (SSSR count). The van der Waals surface area contributed by atoms with Crippen molar-refractivity contribution in [3.63, 3.8) is 0 Å². The number of benzene rings is 1. The van der Waals surface area contributed by atoms with Crippen LogP contribution in [0.4, 0.5) is 0 Å². The van der Waals surface area contributed by atoms with Crippen LogP contribution in [0, 0.1) is 6.92 Å². The normalized spacial score (nSPS) is 13.0. The van der Waals surface area contributed by atoms with Crippen LogP contribution in [0.1, 0.15) is 17.2 Å². The average molecular weight is 185 g/mol. The molecule has 0 spiro atoms. The zero-order valence-corrected chi connectivity index (χ0v) is 7.81. The fourth-order valence-electron chi connectivity index (χ4n) is 1.11. The van der Waals surface area contributed by atoms with E-state index in [1.165, 1.54) is 0 Å². The average Bonchev–Trinajstić information content (AvgIpc) is 2.01. The predicted molar refractivity (Wildman–Crippen MR) is 52.2 cm³/mol. The van der Waals surface area contributed by atoms with Crippen LogP contribution in [-0.2, 0) is 0 Å². The van der Waals surface area contributed by atoms with Crippen molar-refractivity contribution >= 4 is 11.6 Å². The molecule has 66 valence electrons. The summed E-state index contributed by atoms with van der Waals surface area (Å²) in [5, 5.41) is 0.717. The maximum absolute atomic E-state index is 5.85. The van der Waals surface area contributed by atoms with E-state index in [1.807, 2.05) is 25.1 Å². The molecule has 4 N–H and O–H groups in total. The third-order valence-corrected chi connectivity index (χ3v) is 1.96. The van der Waals surface area contributed by atoms with Crippen LogP contribution in [0.5, 0.6) is 0 Å². The smallest absolute Gasteiger partial charge is 0.0420 e. The molecule has 3 heteroatoms. The second kappa shape index (κ2) is 3.90. The Morgan fingerprint density at radius 3 is 2.58 bits per heavy atom. The van der Waals surface area contributed by atoms with Crippen molar-refractivity contribution in [3.05, 3.63) is 34.3 Å². The van der Waals surface area contributed by atoms with Gasteiger partial charge in [0, 0.05) is 17.6 Å². The summed E-state index contributed by atoms with van der Waals surface area (Å²) in [6.45, 7) is 2.43. The topological polar surface area (TPSA) is 52.0 Å². The monoisotopic (exact) mass is 184 g/mol. The van der Waals surface area contributed by atoms with Gasteiger partial charge in [-0.15, -0.1) is 0 Å². The lowest BCUT2D eigenvalue weighted by atomic mass is 10.1. The Morgan fingerprint density at radius 1 is 1.42 bits per heavy atom. The summed E-state index contributed by atoms with van der Waals surface area (Å²) in [5.41, 5.74) is 13.3. The summed E-state index contributed by atoms with van der Waals surface area (Å²) in [6.07, 6.45) is 0. The van der Waals surface area contributed by atoms with Crippen LogP contribution in [-0.4, -0.2) is 6.54 Å². The number of nitrogens with two attached hydrogens (primary N) is 2. The largest absolute Gasteiger partial charge is 0.329 e. The van der Waals surface area contributed by atoms with Crippen molar-refractivity contribution in [2.75, 3.05) is 6.54 Å². The van der Waals surface area contributed by atoms with Crippen LogP contribution >= 0.6 is 11.6 Å². The highest BCUT2D eigenvalue weighted by Crippen LogP contribution is 2.18. The minimum Gasteiger partial charge on any atom is -0.329 e. The minimum absolute atomic E-state index is 0.109. The van der Waals surface area contributed by atoms with E-state index in [4.69, 9.17) is 23.1 Å². The highest BCUT2D eigenvalue weighted by Gasteiger charge is 2.04. The second-order valence-corrected chi connectivity index (χ2v) is 3.34. The third kappa shape index (κ3) is 2.21. The lowest BCUT2D eigenvalue weighted by Crippen LogP contribution is -2.20. The molecule has 1 aromatic rings. The molecule has 2 nitrogen and oxygen atoms in total. The molecule has 0 bridgehead atoms. The molecule has 0 saturated carbocycles. The molecule has 0 aromatic heterocycles. The van der Waals surface area contributed by atoms with E-state index in [-0.39, 0.29) is 6.04 Å². The standard InChI is InChI=1S/C9H13ClN2/c1-6-2-7(9(12)5-11)4-8(10)3-6/h2-4,9H,5,11-12H2,1H3/t9-/m1/s1. The Kier molecular flexibility index (Phi) is 3.09. The minimum atomic E-state index is -0.109. The van der Waals surface area contributed by atoms with Crippen LogP contribution in [0.3, 0.4) is 0 Å². The van der Waals surface area contributed by atoms with Gasteiger partial charge in [0.05, 0.1) is 0 Å². The molecule has 1 atom stereocenters. The lowest BCUT2D eigenvalue weighted by Gasteiger charge is -2.10. The highest BCUT2D eigenvalue weighted by molar-refractivity contribution is 6.30. The van der Waals surface area contributed by atoms with E-state index in [0.29, 0.717) is 11.6 Å². The Morgan fingerprint density at radius 2 is 2.08 bits per heavy atom. The van der Waals surface area contributed by atoms with Crippen molar-refractivity contribution in [1.82, 2.24) is 0 Å². The van der Waals surface area contributed by atoms with Gasteiger partial charge < -0.3 is 11.5 Å². The molecule has 0 radical (unpaired) electrons. The fraction of sp³-hybridized carbons (Fsp3) is 0.333. The number of aryl methyl sites for hydroxylation is 1. The van der Waals surface area contributed by atoms with E-state index in [2.05, 4.69) is 0 Å². The van der Waals surface area contributed by atoms with Gasteiger partial charge in [0.15, 0.2) is 0 Å². The number of rotatable bonds is 2. The van der Waals surface area contributed by atoms with Gasteiger partial charge in [0.1, 0.15) is 0 Å². The Bertz CT molecular complexity index is 253. The summed E-state index contributed by atoms with van der Waals surface area (Å²) in [7, 11) is 0. The highest BCUT2D eigenvalue weighted by atomic mass is 35.5. The van der Waals surface area contributed by atoms with Crippen molar-refractivity contribution in [3.8, 4) is 0 Å². The lowest BCUT2D eigenvalue weighted by molar-refractivity contribution is 0.736. The van der Waals surface area contributed by atoms with E-state index >= 15 is 0 Å². The molecule has 0 saturated heterocycles.